The second kappa shape index (κ2) is 8.62. The molecule has 2 N–H and O–H groups in total. The molecule has 1 saturated heterocycles. The second-order valence-electron chi connectivity index (χ2n) is 7.30. The van der Waals surface area contributed by atoms with Crippen molar-refractivity contribution in [3.63, 3.8) is 0 Å². The van der Waals surface area contributed by atoms with Crippen LogP contribution < -0.4 is 10.6 Å². The van der Waals surface area contributed by atoms with E-state index in [1.54, 1.807) is 16.7 Å². The van der Waals surface area contributed by atoms with E-state index in [0.717, 1.165) is 11.9 Å². The molecule has 2 heterocycles. The van der Waals surface area contributed by atoms with Crippen LogP contribution in [0.2, 0.25) is 0 Å². The molecule has 7 nitrogen and oxygen atoms in total. The van der Waals surface area contributed by atoms with Gasteiger partial charge in [-0.2, -0.15) is 0 Å². The van der Waals surface area contributed by atoms with Crippen LogP contribution in [-0.4, -0.2) is 34.1 Å². The molecule has 0 saturated carbocycles. The highest BCUT2D eigenvalue weighted by molar-refractivity contribution is 5.92. The molecule has 2 amide bonds. The Labute approximate surface area is 173 Å². The molecular weight excluding hydrogens is 387 g/mol. The van der Waals surface area contributed by atoms with Gasteiger partial charge >= 0.3 is 0 Å². The van der Waals surface area contributed by atoms with E-state index in [9.17, 15) is 14.0 Å². The lowest BCUT2D eigenvalue weighted by Crippen LogP contribution is -2.37. The van der Waals surface area contributed by atoms with Gasteiger partial charge in [-0.15, -0.1) is 0 Å². The highest BCUT2D eigenvalue weighted by Crippen LogP contribution is 2.22. The second-order valence-corrected chi connectivity index (χ2v) is 7.30. The molecule has 1 fully saturated rings. The molecule has 8 heteroatoms. The number of rotatable bonds is 6. The van der Waals surface area contributed by atoms with Crippen LogP contribution >= 0.6 is 0 Å². The van der Waals surface area contributed by atoms with Crippen LogP contribution in [-0.2, 0) is 20.9 Å². The maximum Gasteiger partial charge on any atom is 0.249 e. The van der Waals surface area contributed by atoms with Gasteiger partial charge in [0.2, 0.25) is 11.8 Å². The van der Waals surface area contributed by atoms with E-state index in [1.807, 2.05) is 31.2 Å². The Morgan fingerprint density at radius 1 is 1.23 bits per heavy atom. The standard InChI is InChI=1S/C22H23FN4O3/c1-14(24-22(29)19-11-6-12-30-19)21-26-17-9-4-5-10-18(17)27(21)13-20(28)25-16-8-3-2-7-15(16)23/h2-5,7-10,14,19H,6,11-13H2,1H3,(H,24,29)(H,25,28). The van der Waals surface area contributed by atoms with Crippen LogP contribution in [0.4, 0.5) is 10.1 Å². The first kappa shape index (κ1) is 20.0. The van der Waals surface area contributed by atoms with E-state index >= 15 is 0 Å². The normalized spacial score (nSPS) is 17.1. The van der Waals surface area contributed by atoms with Gasteiger partial charge in [-0.05, 0) is 44.0 Å². The molecule has 0 aliphatic carbocycles. The van der Waals surface area contributed by atoms with Crippen molar-refractivity contribution in [1.82, 2.24) is 14.9 Å². The smallest absolute Gasteiger partial charge is 0.249 e. The van der Waals surface area contributed by atoms with Crippen LogP contribution in [0.3, 0.4) is 0 Å². The summed E-state index contributed by atoms with van der Waals surface area (Å²) in [6, 6.07) is 13.0. The fourth-order valence-electron chi connectivity index (χ4n) is 3.64. The minimum Gasteiger partial charge on any atom is -0.368 e. The van der Waals surface area contributed by atoms with Crippen LogP contribution in [0, 0.1) is 5.82 Å². The van der Waals surface area contributed by atoms with Crippen molar-refractivity contribution < 1.29 is 18.7 Å². The number of nitrogens with zero attached hydrogens (tertiary/aromatic N) is 2. The third-order valence-electron chi connectivity index (χ3n) is 5.10. The number of ether oxygens (including phenoxy) is 1. The summed E-state index contributed by atoms with van der Waals surface area (Å²) in [5.41, 5.74) is 1.59. The molecule has 0 bridgehead atoms. The average molecular weight is 410 g/mol. The Bertz CT molecular complexity index is 1080. The summed E-state index contributed by atoms with van der Waals surface area (Å²) in [7, 11) is 0. The summed E-state index contributed by atoms with van der Waals surface area (Å²) in [5, 5.41) is 5.53. The van der Waals surface area contributed by atoms with E-state index in [2.05, 4.69) is 15.6 Å². The number of hydrogen-bond acceptors (Lipinski definition) is 4. The highest BCUT2D eigenvalue weighted by Gasteiger charge is 2.27. The van der Waals surface area contributed by atoms with E-state index in [0.29, 0.717) is 24.4 Å². The highest BCUT2D eigenvalue weighted by atomic mass is 19.1. The lowest BCUT2D eigenvalue weighted by molar-refractivity contribution is -0.130. The van der Waals surface area contributed by atoms with Crippen molar-refractivity contribution in [2.45, 2.75) is 38.5 Å². The largest absolute Gasteiger partial charge is 0.368 e. The molecule has 3 aromatic rings. The van der Waals surface area contributed by atoms with Gasteiger partial charge in [0, 0.05) is 6.61 Å². The fraction of sp³-hybridized carbons (Fsp3) is 0.318. The topological polar surface area (TPSA) is 85.2 Å². The van der Waals surface area contributed by atoms with Crippen LogP contribution in [0.5, 0.6) is 0 Å². The quantitative estimate of drug-likeness (QED) is 0.654. The number of hydrogen-bond donors (Lipinski definition) is 2. The third-order valence-corrected chi connectivity index (χ3v) is 5.10. The van der Waals surface area contributed by atoms with Gasteiger partial charge in [0.25, 0.3) is 0 Å². The van der Waals surface area contributed by atoms with Crippen LogP contribution in [0.15, 0.2) is 48.5 Å². The van der Waals surface area contributed by atoms with Gasteiger partial charge in [-0.25, -0.2) is 9.37 Å². The molecule has 156 valence electrons. The summed E-state index contributed by atoms with van der Waals surface area (Å²) < 4.78 is 21.1. The minimum atomic E-state index is -0.501. The zero-order valence-electron chi connectivity index (χ0n) is 16.6. The summed E-state index contributed by atoms with van der Waals surface area (Å²) in [6.45, 7) is 2.34. The lowest BCUT2D eigenvalue weighted by Gasteiger charge is -2.18. The van der Waals surface area contributed by atoms with E-state index < -0.39 is 18.0 Å². The van der Waals surface area contributed by atoms with Crippen molar-refractivity contribution in [2.75, 3.05) is 11.9 Å². The number of nitrogens with one attached hydrogen (secondary N) is 2. The first-order chi connectivity index (χ1) is 14.5. The van der Waals surface area contributed by atoms with Gasteiger partial charge in [0.1, 0.15) is 24.3 Å². The number of carbonyl (C=O) groups is 2. The van der Waals surface area contributed by atoms with Crippen LogP contribution in [0.25, 0.3) is 11.0 Å². The number of anilines is 1. The number of aromatic nitrogens is 2. The van der Waals surface area contributed by atoms with Gasteiger partial charge in [0.15, 0.2) is 0 Å². The molecule has 1 aliphatic rings. The zero-order chi connectivity index (χ0) is 21.1. The maximum atomic E-state index is 13.9. The molecule has 2 unspecified atom stereocenters. The number of halogens is 1. The number of imidazole rings is 1. The van der Waals surface area contributed by atoms with Crippen molar-refractivity contribution in [2.24, 2.45) is 0 Å². The van der Waals surface area contributed by atoms with Crippen molar-refractivity contribution in [3.05, 3.63) is 60.2 Å². The lowest BCUT2D eigenvalue weighted by atomic mass is 10.2. The van der Waals surface area contributed by atoms with Crippen molar-refractivity contribution in [1.29, 1.82) is 0 Å². The number of carbonyl (C=O) groups excluding carboxylic acids is 2. The molecule has 30 heavy (non-hydrogen) atoms. The summed E-state index contributed by atoms with van der Waals surface area (Å²) >= 11 is 0. The Balaban J connectivity index is 1.57. The third kappa shape index (κ3) is 4.18. The Kier molecular flexibility index (Phi) is 5.76. The van der Waals surface area contributed by atoms with Gasteiger partial charge in [0.05, 0.1) is 22.8 Å². The molecular formula is C22H23FN4O3. The predicted octanol–water partition coefficient (Wildman–Crippen LogP) is 3.17. The summed E-state index contributed by atoms with van der Waals surface area (Å²) in [4.78, 5) is 29.7. The predicted molar refractivity (Wildman–Crippen MR) is 110 cm³/mol. The fourth-order valence-corrected chi connectivity index (χ4v) is 3.64. The molecule has 2 atom stereocenters. The Hall–Kier alpha value is -3.26. The van der Waals surface area contributed by atoms with Gasteiger partial charge in [-0.3, -0.25) is 9.59 Å². The van der Waals surface area contributed by atoms with Gasteiger partial charge < -0.3 is 19.9 Å². The zero-order valence-corrected chi connectivity index (χ0v) is 16.6. The Morgan fingerprint density at radius 3 is 2.77 bits per heavy atom. The first-order valence-corrected chi connectivity index (χ1v) is 9.94. The van der Waals surface area contributed by atoms with Crippen molar-refractivity contribution >= 4 is 28.5 Å². The van der Waals surface area contributed by atoms with E-state index in [-0.39, 0.29) is 24.0 Å². The van der Waals surface area contributed by atoms with E-state index in [4.69, 9.17) is 4.74 Å². The molecule has 0 spiro atoms. The molecule has 1 aliphatic heterocycles. The number of amides is 2. The summed E-state index contributed by atoms with van der Waals surface area (Å²) in [6.07, 6.45) is 1.11. The van der Waals surface area contributed by atoms with Crippen molar-refractivity contribution in [3.8, 4) is 0 Å². The molecule has 4 rings (SSSR count). The number of benzene rings is 2. The van der Waals surface area contributed by atoms with Gasteiger partial charge in [-0.1, -0.05) is 24.3 Å². The first-order valence-electron chi connectivity index (χ1n) is 9.94. The molecule has 1 aromatic heterocycles. The van der Waals surface area contributed by atoms with E-state index in [1.165, 1.54) is 12.1 Å². The molecule has 2 aromatic carbocycles. The summed E-state index contributed by atoms with van der Waals surface area (Å²) in [5.74, 6) is -0.526. The monoisotopic (exact) mass is 410 g/mol. The molecule has 0 radical (unpaired) electrons. The number of para-hydroxylation sites is 3. The number of fused-ring (bicyclic) bond motifs is 1. The maximum absolute atomic E-state index is 13.9. The minimum absolute atomic E-state index is 0.0652. The SMILES string of the molecule is CC(NC(=O)C1CCCO1)c1nc2ccccc2n1CC(=O)Nc1ccccc1F. The Morgan fingerprint density at radius 2 is 2.00 bits per heavy atom. The van der Waals surface area contributed by atoms with Crippen LogP contribution in [0.1, 0.15) is 31.6 Å². The average Bonchev–Trinajstić information content (AvgIpc) is 3.39.